The predicted octanol–water partition coefficient (Wildman–Crippen LogP) is 5.61. The average molecular weight is 462 g/mol. The Morgan fingerprint density at radius 1 is 1.06 bits per heavy atom. The molecule has 3 aromatic carbocycles. The zero-order valence-corrected chi connectivity index (χ0v) is 18.8. The summed E-state index contributed by atoms with van der Waals surface area (Å²) < 4.78 is 16.5. The van der Waals surface area contributed by atoms with Crippen molar-refractivity contribution < 1.29 is 23.8 Å². The minimum absolute atomic E-state index is 0.163. The lowest BCUT2D eigenvalue weighted by Crippen LogP contribution is -2.10. The Morgan fingerprint density at radius 2 is 1.82 bits per heavy atom. The second kappa shape index (κ2) is 9.71. The van der Waals surface area contributed by atoms with Crippen LogP contribution in [0.2, 0.25) is 5.02 Å². The second-order valence-electron chi connectivity index (χ2n) is 7.16. The van der Waals surface area contributed by atoms with Gasteiger partial charge in [-0.25, -0.2) is 14.6 Å². The van der Waals surface area contributed by atoms with E-state index in [0.717, 1.165) is 11.1 Å². The van der Waals surface area contributed by atoms with Crippen molar-refractivity contribution in [2.75, 3.05) is 6.61 Å². The molecule has 0 spiro atoms. The number of aliphatic imine (C=N–C) groups is 1. The minimum Gasteiger partial charge on any atom is -0.490 e. The number of rotatable bonds is 6. The molecule has 1 aliphatic heterocycles. The van der Waals surface area contributed by atoms with Gasteiger partial charge in [-0.2, -0.15) is 0 Å². The van der Waals surface area contributed by atoms with Crippen molar-refractivity contribution in [3.63, 3.8) is 0 Å². The van der Waals surface area contributed by atoms with Crippen LogP contribution < -0.4 is 9.47 Å². The minimum atomic E-state index is -0.598. The summed E-state index contributed by atoms with van der Waals surface area (Å²) in [6, 6.07) is 19.1. The number of aryl methyl sites for hydroxylation is 1. The lowest BCUT2D eigenvalue weighted by molar-refractivity contribution is -0.129. The van der Waals surface area contributed by atoms with E-state index < -0.39 is 11.9 Å². The quantitative estimate of drug-likeness (QED) is 0.271. The van der Waals surface area contributed by atoms with Crippen LogP contribution in [0.1, 0.15) is 34.0 Å². The first-order valence-corrected chi connectivity index (χ1v) is 10.7. The van der Waals surface area contributed by atoms with Crippen molar-refractivity contribution in [3.8, 4) is 11.5 Å². The van der Waals surface area contributed by atoms with E-state index in [1.807, 2.05) is 38.1 Å². The second-order valence-corrected chi connectivity index (χ2v) is 7.57. The van der Waals surface area contributed by atoms with Crippen LogP contribution in [-0.2, 0) is 9.53 Å². The van der Waals surface area contributed by atoms with Crippen LogP contribution in [-0.4, -0.2) is 24.4 Å². The SMILES string of the molecule is CCOc1cc(/C=C2/N=C(c3ccccc3C)OC2=O)ccc1OC(=O)c1ccccc1Cl. The van der Waals surface area contributed by atoms with Gasteiger partial charge in [-0.1, -0.05) is 48.0 Å². The Labute approximate surface area is 196 Å². The van der Waals surface area contributed by atoms with Crippen LogP contribution in [0, 0.1) is 6.92 Å². The molecule has 0 bridgehead atoms. The van der Waals surface area contributed by atoms with E-state index in [4.69, 9.17) is 25.8 Å². The third-order valence-corrected chi connectivity index (χ3v) is 5.19. The first-order valence-electron chi connectivity index (χ1n) is 10.3. The molecule has 33 heavy (non-hydrogen) atoms. The van der Waals surface area contributed by atoms with Crippen molar-refractivity contribution in [1.29, 1.82) is 0 Å². The number of cyclic esters (lactones) is 1. The molecule has 0 radical (unpaired) electrons. The number of hydrogen-bond donors (Lipinski definition) is 0. The Morgan fingerprint density at radius 3 is 2.58 bits per heavy atom. The normalized spacial score (nSPS) is 14.1. The molecule has 1 aliphatic rings. The van der Waals surface area contributed by atoms with E-state index in [1.54, 1.807) is 48.5 Å². The van der Waals surface area contributed by atoms with Gasteiger partial charge in [0.05, 0.1) is 17.2 Å². The summed E-state index contributed by atoms with van der Waals surface area (Å²) in [5, 5.41) is 0.295. The fraction of sp³-hybridized carbons (Fsp3) is 0.115. The highest BCUT2D eigenvalue weighted by Gasteiger charge is 2.25. The molecule has 0 saturated carbocycles. The molecule has 7 heteroatoms. The molecule has 6 nitrogen and oxygen atoms in total. The van der Waals surface area contributed by atoms with Crippen molar-refractivity contribution in [3.05, 3.63) is 99.7 Å². The summed E-state index contributed by atoms with van der Waals surface area (Å²) in [5.74, 6) is -0.289. The van der Waals surface area contributed by atoms with E-state index in [1.165, 1.54) is 0 Å². The maximum atomic E-state index is 12.5. The molecule has 1 heterocycles. The summed E-state index contributed by atoms with van der Waals surface area (Å²) in [7, 11) is 0. The molecule has 0 atom stereocenters. The average Bonchev–Trinajstić information content (AvgIpc) is 3.16. The fourth-order valence-corrected chi connectivity index (χ4v) is 3.46. The van der Waals surface area contributed by atoms with Crippen molar-refractivity contribution in [1.82, 2.24) is 0 Å². The molecule has 4 rings (SSSR count). The third-order valence-electron chi connectivity index (χ3n) is 4.86. The molecule has 0 fully saturated rings. The molecule has 0 saturated heterocycles. The van der Waals surface area contributed by atoms with E-state index in [0.29, 0.717) is 22.9 Å². The topological polar surface area (TPSA) is 74.2 Å². The maximum absolute atomic E-state index is 12.5. The lowest BCUT2D eigenvalue weighted by Gasteiger charge is -2.12. The van der Waals surface area contributed by atoms with Gasteiger partial charge in [0.15, 0.2) is 17.2 Å². The van der Waals surface area contributed by atoms with Gasteiger partial charge < -0.3 is 14.2 Å². The predicted molar refractivity (Wildman–Crippen MR) is 126 cm³/mol. The highest BCUT2D eigenvalue weighted by Crippen LogP contribution is 2.31. The third kappa shape index (κ3) is 4.96. The van der Waals surface area contributed by atoms with Gasteiger partial charge >= 0.3 is 11.9 Å². The number of ether oxygens (including phenoxy) is 3. The Hall–Kier alpha value is -3.90. The van der Waals surface area contributed by atoms with Gasteiger partial charge in [-0.15, -0.1) is 0 Å². The zero-order valence-electron chi connectivity index (χ0n) is 18.0. The number of carbonyl (C=O) groups is 2. The van der Waals surface area contributed by atoms with Crippen molar-refractivity contribution in [2.24, 2.45) is 4.99 Å². The van der Waals surface area contributed by atoms with Crippen LogP contribution in [0.3, 0.4) is 0 Å². The number of nitrogens with zero attached hydrogens (tertiary/aromatic N) is 1. The van der Waals surface area contributed by atoms with E-state index in [-0.39, 0.29) is 22.9 Å². The lowest BCUT2D eigenvalue weighted by atomic mass is 10.1. The molecule has 0 amide bonds. The Kier molecular flexibility index (Phi) is 6.56. The summed E-state index contributed by atoms with van der Waals surface area (Å²) in [5.41, 5.74) is 2.76. The fourth-order valence-electron chi connectivity index (χ4n) is 3.24. The largest absolute Gasteiger partial charge is 0.490 e. The number of benzene rings is 3. The highest BCUT2D eigenvalue weighted by molar-refractivity contribution is 6.33. The molecule has 0 unspecified atom stereocenters. The first kappa shape index (κ1) is 22.3. The summed E-state index contributed by atoms with van der Waals surface area (Å²) >= 11 is 6.09. The summed E-state index contributed by atoms with van der Waals surface area (Å²) in [6.45, 7) is 4.09. The maximum Gasteiger partial charge on any atom is 0.363 e. The molecule has 166 valence electrons. The Bertz CT molecular complexity index is 1300. The van der Waals surface area contributed by atoms with Crippen LogP contribution in [0.25, 0.3) is 6.08 Å². The van der Waals surface area contributed by atoms with Crippen molar-refractivity contribution >= 4 is 35.5 Å². The molecule has 3 aromatic rings. The molecule has 0 aliphatic carbocycles. The van der Waals surface area contributed by atoms with Gasteiger partial charge in [-0.05, 0) is 61.4 Å². The van der Waals surface area contributed by atoms with Gasteiger partial charge in [0.25, 0.3) is 0 Å². The van der Waals surface area contributed by atoms with Gasteiger partial charge in [0, 0.05) is 5.56 Å². The van der Waals surface area contributed by atoms with Crippen LogP contribution >= 0.6 is 11.6 Å². The smallest absolute Gasteiger partial charge is 0.363 e. The molecular formula is C26H20ClNO5. The van der Waals surface area contributed by atoms with Gasteiger partial charge in [-0.3, -0.25) is 0 Å². The zero-order chi connectivity index (χ0) is 23.4. The van der Waals surface area contributed by atoms with Crippen molar-refractivity contribution in [2.45, 2.75) is 13.8 Å². The summed E-state index contributed by atoms with van der Waals surface area (Å²) in [6.07, 6.45) is 1.59. The number of esters is 2. The van der Waals surface area contributed by atoms with Gasteiger partial charge in [0.2, 0.25) is 5.90 Å². The number of carbonyl (C=O) groups excluding carboxylic acids is 2. The standard InChI is InChI=1S/C26H20ClNO5/c1-3-31-23-15-17(12-13-22(23)32-25(29)19-10-6-7-11-20(19)27)14-21-26(30)33-24(28-21)18-9-5-4-8-16(18)2/h4-15H,3H2,1-2H3/b21-14+. The van der Waals surface area contributed by atoms with E-state index in [9.17, 15) is 9.59 Å². The highest BCUT2D eigenvalue weighted by atomic mass is 35.5. The molecular weight excluding hydrogens is 442 g/mol. The van der Waals surface area contributed by atoms with Gasteiger partial charge in [0.1, 0.15) is 0 Å². The molecule has 0 N–H and O–H groups in total. The monoisotopic (exact) mass is 461 g/mol. The van der Waals surface area contributed by atoms with Crippen LogP contribution in [0.15, 0.2) is 77.4 Å². The summed E-state index contributed by atoms with van der Waals surface area (Å²) in [4.78, 5) is 29.3. The van der Waals surface area contributed by atoms with E-state index >= 15 is 0 Å². The Balaban J connectivity index is 1.62. The van der Waals surface area contributed by atoms with E-state index in [2.05, 4.69) is 4.99 Å². The number of hydrogen-bond acceptors (Lipinski definition) is 6. The van der Waals surface area contributed by atoms with Crippen LogP contribution in [0.5, 0.6) is 11.5 Å². The molecule has 0 aromatic heterocycles. The number of halogens is 1. The first-order chi connectivity index (χ1) is 16.0. The van der Waals surface area contributed by atoms with Crippen LogP contribution in [0.4, 0.5) is 0 Å².